The summed E-state index contributed by atoms with van der Waals surface area (Å²) in [6, 6.07) is 11.0. The summed E-state index contributed by atoms with van der Waals surface area (Å²) >= 11 is 0. The number of benzene rings is 2. The highest BCUT2D eigenvalue weighted by Gasteiger charge is 2.27. The molecule has 0 aliphatic rings. The van der Waals surface area contributed by atoms with Crippen LogP contribution in [0.15, 0.2) is 42.5 Å². The molecule has 0 aliphatic carbocycles. The van der Waals surface area contributed by atoms with Crippen LogP contribution in [-0.2, 0) is 12.0 Å². The minimum atomic E-state index is -1.06. The zero-order valence-corrected chi connectivity index (χ0v) is 11.1. The maximum Gasteiger partial charge on any atom is 0.128 e. The molecule has 0 fully saturated rings. The maximum absolute atomic E-state index is 13.8. The van der Waals surface area contributed by atoms with E-state index in [1.165, 1.54) is 5.56 Å². The van der Waals surface area contributed by atoms with Crippen molar-refractivity contribution in [3.8, 4) is 0 Å². The SMILES string of the molecule is CCc1ccc(C(C)(N)c2cc(F)ccc2F)cc1. The molecule has 0 amide bonds. The van der Waals surface area contributed by atoms with E-state index in [0.29, 0.717) is 0 Å². The molecular formula is C16H17F2N. The van der Waals surface area contributed by atoms with E-state index in [-0.39, 0.29) is 5.56 Å². The Hall–Kier alpha value is -1.74. The summed E-state index contributed by atoms with van der Waals surface area (Å²) < 4.78 is 27.1. The van der Waals surface area contributed by atoms with Crippen LogP contribution in [0, 0.1) is 11.6 Å². The molecule has 2 aromatic carbocycles. The average Bonchev–Trinajstić information content (AvgIpc) is 2.41. The van der Waals surface area contributed by atoms with Gasteiger partial charge in [-0.3, -0.25) is 0 Å². The third-order valence-corrected chi connectivity index (χ3v) is 3.45. The van der Waals surface area contributed by atoms with Gasteiger partial charge < -0.3 is 5.73 Å². The van der Waals surface area contributed by atoms with Gasteiger partial charge in [-0.05, 0) is 42.7 Å². The lowest BCUT2D eigenvalue weighted by molar-refractivity contribution is 0.518. The van der Waals surface area contributed by atoms with Gasteiger partial charge in [0.2, 0.25) is 0 Å². The minimum absolute atomic E-state index is 0.164. The van der Waals surface area contributed by atoms with Crippen molar-refractivity contribution in [3.05, 3.63) is 70.8 Å². The van der Waals surface area contributed by atoms with E-state index in [0.717, 1.165) is 30.2 Å². The molecule has 100 valence electrons. The van der Waals surface area contributed by atoms with Crippen LogP contribution in [0.5, 0.6) is 0 Å². The normalized spacial score (nSPS) is 14.2. The van der Waals surface area contributed by atoms with Crippen molar-refractivity contribution in [2.24, 2.45) is 5.73 Å². The second-order valence-corrected chi connectivity index (χ2v) is 4.88. The van der Waals surface area contributed by atoms with E-state index in [9.17, 15) is 8.78 Å². The van der Waals surface area contributed by atoms with E-state index < -0.39 is 17.2 Å². The maximum atomic E-state index is 13.8. The first kappa shape index (κ1) is 13.7. The molecule has 0 saturated carbocycles. The van der Waals surface area contributed by atoms with E-state index in [2.05, 4.69) is 6.92 Å². The zero-order chi connectivity index (χ0) is 14.0. The van der Waals surface area contributed by atoms with Gasteiger partial charge in [-0.2, -0.15) is 0 Å². The molecule has 3 heteroatoms. The van der Waals surface area contributed by atoms with E-state index >= 15 is 0 Å². The minimum Gasteiger partial charge on any atom is -0.318 e. The lowest BCUT2D eigenvalue weighted by Crippen LogP contribution is -2.35. The standard InChI is InChI=1S/C16H17F2N/c1-3-11-4-6-12(7-5-11)16(2,19)14-10-13(17)8-9-15(14)18/h4-10H,3,19H2,1-2H3. The molecule has 1 atom stereocenters. The molecule has 0 heterocycles. The summed E-state index contributed by atoms with van der Waals surface area (Å²) in [7, 11) is 0. The predicted molar refractivity (Wildman–Crippen MR) is 72.8 cm³/mol. The molecular weight excluding hydrogens is 244 g/mol. The topological polar surface area (TPSA) is 26.0 Å². The lowest BCUT2D eigenvalue weighted by Gasteiger charge is -2.26. The Morgan fingerprint density at radius 3 is 2.26 bits per heavy atom. The molecule has 2 N–H and O–H groups in total. The molecule has 1 unspecified atom stereocenters. The van der Waals surface area contributed by atoms with Gasteiger partial charge in [0.25, 0.3) is 0 Å². The molecule has 1 nitrogen and oxygen atoms in total. The average molecular weight is 261 g/mol. The van der Waals surface area contributed by atoms with Gasteiger partial charge in [0.05, 0.1) is 5.54 Å². The van der Waals surface area contributed by atoms with Crippen molar-refractivity contribution in [1.82, 2.24) is 0 Å². The predicted octanol–water partition coefficient (Wildman–Crippen LogP) is 3.75. The highest BCUT2D eigenvalue weighted by atomic mass is 19.1. The summed E-state index contributed by atoms with van der Waals surface area (Å²) in [5.41, 5.74) is 7.26. The smallest absolute Gasteiger partial charge is 0.128 e. The summed E-state index contributed by atoms with van der Waals surface area (Å²) in [6.07, 6.45) is 0.926. The fourth-order valence-electron chi connectivity index (χ4n) is 2.14. The second-order valence-electron chi connectivity index (χ2n) is 4.88. The molecule has 2 aromatic rings. The molecule has 0 radical (unpaired) electrons. The lowest BCUT2D eigenvalue weighted by atomic mass is 9.85. The van der Waals surface area contributed by atoms with Crippen LogP contribution in [0.1, 0.15) is 30.5 Å². The van der Waals surface area contributed by atoms with Crippen LogP contribution in [-0.4, -0.2) is 0 Å². The first-order valence-corrected chi connectivity index (χ1v) is 6.29. The van der Waals surface area contributed by atoms with Crippen LogP contribution in [0.2, 0.25) is 0 Å². The number of rotatable bonds is 3. The number of hydrogen-bond donors (Lipinski definition) is 1. The Morgan fingerprint density at radius 1 is 1.05 bits per heavy atom. The van der Waals surface area contributed by atoms with Crippen molar-refractivity contribution >= 4 is 0 Å². The van der Waals surface area contributed by atoms with Crippen molar-refractivity contribution in [2.75, 3.05) is 0 Å². The molecule has 0 aromatic heterocycles. The zero-order valence-electron chi connectivity index (χ0n) is 11.1. The third kappa shape index (κ3) is 2.66. The van der Waals surface area contributed by atoms with Crippen molar-refractivity contribution in [3.63, 3.8) is 0 Å². The van der Waals surface area contributed by atoms with Gasteiger partial charge in [0.1, 0.15) is 11.6 Å². The molecule has 0 spiro atoms. The van der Waals surface area contributed by atoms with Gasteiger partial charge >= 0.3 is 0 Å². The molecule has 0 bridgehead atoms. The highest BCUT2D eigenvalue weighted by Crippen LogP contribution is 2.29. The van der Waals surface area contributed by atoms with Crippen LogP contribution in [0.4, 0.5) is 8.78 Å². The third-order valence-electron chi connectivity index (χ3n) is 3.45. The summed E-state index contributed by atoms with van der Waals surface area (Å²) in [4.78, 5) is 0. The Morgan fingerprint density at radius 2 is 1.68 bits per heavy atom. The Labute approximate surface area is 112 Å². The van der Waals surface area contributed by atoms with Crippen LogP contribution >= 0.6 is 0 Å². The van der Waals surface area contributed by atoms with Crippen molar-refractivity contribution in [1.29, 1.82) is 0 Å². The van der Waals surface area contributed by atoms with Gasteiger partial charge in [-0.1, -0.05) is 31.2 Å². The van der Waals surface area contributed by atoms with Gasteiger partial charge in [0.15, 0.2) is 0 Å². The Kier molecular flexibility index (Phi) is 3.67. The van der Waals surface area contributed by atoms with E-state index in [1.807, 2.05) is 24.3 Å². The van der Waals surface area contributed by atoms with Crippen molar-refractivity contribution < 1.29 is 8.78 Å². The van der Waals surface area contributed by atoms with E-state index in [1.54, 1.807) is 6.92 Å². The number of hydrogen-bond acceptors (Lipinski definition) is 1. The summed E-state index contributed by atoms with van der Waals surface area (Å²) in [5.74, 6) is -0.982. The molecule has 0 saturated heterocycles. The first-order chi connectivity index (χ1) is 8.95. The fraction of sp³-hybridized carbons (Fsp3) is 0.250. The molecule has 0 aliphatic heterocycles. The van der Waals surface area contributed by atoms with Gasteiger partial charge in [-0.25, -0.2) is 8.78 Å². The Balaban J connectivity index is 2.48. The summed E-state index contributed by atoms with van der Waals surface area (Å²) in [5, 5.41) is 0. The van der Waals surface area contributed by atoms with Crippen LogP contribution < -0.4 is 5.73 Å². The number of aryl methyl sites for hydroxylation is 1. The summed E-state index contributed by atoms with van der Waals surface area (Å²) in [6.45, 7) is 3.74. The Bertz CT molecular complexity index is 574. The fourth-order valence-corrected chi connectivity index (χ4v) is 2.14. The van der Waals surface area contributed by atoms with Crippen LogP contribution in [0.3, 0.4) is 0 Å². The number of halogens is 2. The highest BCUT2D eigenvalue weighted by molar-refractivity contribution is 5.39. The van der Waals surface area contributed by atoms with Crippen molar-refractivity contribution in [2.45, 2.75) is 25.8 Å². The quantitative estimate of drug-likeness (QED) is 0.894. The largest absolute Gasteiger partial charge is 0.318 e. The monoisotopic (exact) mass is 261 g/mol. The number of nitrogens with two attached hydrogens (primary N) is 1. The molecule has 19 heavy (non-hydrogen) atoms. The second kappa shape index (κ2) is 5.10. The van der Waals surface area contributed by atoms with E-state index in [4.69, 9.17) is 5.73 Å². The molecule has 2 rings (SSSR count). The first-order valence-electron chi connectivity index (χ1n) is 6.29. The van der Waals surface area contributed by atoms with Gasteiger partial charge in [0, 0.05) is 5.56 Å². The van der Waals surface area contributed by atoms with Crippen LogP contribution in [0.25, 0.3) is 0 Å². The van der Waals surface area contributed by atoms with Gasteiger partial charge in [-0.15, -0.1) is 0 Å².